The van der Waals surface area contributed by atoms with Crippen LogP contribution in [0, 0.1) is 5.92 Å². The zero-order valence-corrected chi connectivity index (χ0v) is 20.5. The van der Waals surface area contributed by atoms with Crippen LogP contribution in [-0.2, 0) is 31.6 Å². The fourth-order valence-electron chi connectivity index (χ4n) is 5.10. The van der Waals surface area contributed by atoms with Crippen molar-refractivity contribution in [3.05, 3.63) is 71.9 Å². The number of para-hydroxylation sites is 1. The van der Waals surface area contributed by atoms with Crippen molar-refractivity contribution in [2.24, 2.45) is 11.7 Å². The number of rotatable bonds is 8. The van der Waals surface area contributed by atoms with Crippen LogP contribution in [0.1, 0.15) is 43.0 Å². The zero-order chi connectivity index (χ0) is 25.5. The molecule has 3 heterocycles. The van der Waals surface area contributed by atoms with Crippen LogP contribution in [0.15, 0.2) is 64.0 Å². The van der Waals surface area contributed by atoms with Crippen LogP contribution in [0.25, 0.3) is 0 Å². The number of hydrogen-bond acceptors (Lipinski definition) is 8. The van der Waals surface area contributed by atoms with Gasteiger partial charge in [0.1, 0.15) is 17.4 Å². The molecule has 3 aromatic rings. The van der Waals surface area contributed by atoms with Crippen molar-refractivity contribution in [1.82, 2.24) is 15.0 Å². The Balaban J connectivity index is 1.27. The van der Waals surface area contributed by atoms with E-state index in [9.17, 15) is 18.0 Å². The van der Waals surface area contributed by atoms with Crippen molar-refractivity contribution in [2.45, 2.75) is 48.5 Å². The van der Waals surface area contributed by atoms with Gasteiger partial charge in [-0.05, 0) is 37.1 Å². The first-order valence-electron chi connectivity index (χ1n) is 11.7. The summed E-state index contributed by atoms with van der Waals surface area (Å²) in [4.78, 5) is 31.6. The Morgan fingerprint density at radius 3 is 2.64 bits per heavy atom. The number of amides is 2. The SMILES string of the molecule is C[C@@]12C[C@@H](c3ccccc3O1)[C@H](C(N)=O)C(=O)N2CCCc1nc(CS(=O)(=O)c2ccccc2)no1. The van der Waals surface area contributed by atoms with Gasteiger partial charge >= 0.3 is 0 Å². The summed E-state index contributed by atoms with van der Waals surface area (Å²) >= 11 is 0. The molecule has 0 saturated carbocycles. The summed E-state index contributed by atoms with van der Waals surface area (Å²) in [6, 6.07) is 15.5. The number of carbonyl (C=O) groups excluding carboxylic acids is 2. The highest BCUT2D eigenvalue weighted by Gasteiger charge is 2.55. The van der Waals surface area contributed by atoms with Crippen molar-refractivity contribution < 1.29 is 27.3 Å². The predicted molar refractivity (Wildman–Crippen MR) is 127 cm³/mol. The van der Waals surface area contributed by atoms with E-state index in [1.807, 2.05) is 31.2 Å². The normalized spacial score (nSPS) is 23.1. The number of aromatic nitrogens is 2. The fraction of sp³-hybridized carbons (Fsp3) is 0.360. The molecule has 0 unspecified atom stereocenters. The van der Waals surface area contributed by atoms with Gasteiger partial charge in [0, 0.05) is 25.3 Å². The van der Waals surface area contributed by atoms with Crippen molar-refractivity contribution in [3.8, 4) is 5.75 Å². The number of benzene rings is 2. The summed E-state index contributed by atoms with van der Waals surface area (Å²) in [5, 5.41) is 3.80. The van der Waals surface area contributed by atoms with Gasteiger partial charge in [-0.2, -0.15) is 4.98 Å². The van der Waals surface area contributed by atoms with E-state index >= 15 is 0 Å². The van der Waals surface area contributed by atoms with Crippen LogP contribution in [0.5, 0.6) is 5.75 Å². The maximum Gasteiger partial charge on any atom is 0.238 e. The zero-order valence-electron chi connectivity index (χ0n) is 19.7. The fourth-order valence-corrected chi connectivity index (χ4v) is 6.29. The second-order valence-electron chi connectivity index (χ2n) is 9.28. The van der Waals surface area contributed by atoms with Gasteiger partial charge in [-0.15, -0.1) is 0 Å². The molecule has 0 spiro atoms. The molecule has 2 aromatic carbocycles. The lowest BCUT2D eigenvalue weighted by Crippen LogP contribution is -2.64. The minimum absolute atomic E-state index is 0.0683. The average molecular weight is 511 g/mol. The lowest BCUT2D eigenvalue weighted by atomic mass is 9.73. The number of ether oxygens (including phenoxy) is 1. The molecule has 2 amide bonds. The molecular weight excluding hydrogens is 484 g/mol. The Morgan fingerprint density at radius 2 is 1.89 bits per heavy atom. The van der Waals surface area contributed by atoms with Crippen LogP contribution in [0.3, 0.4) is 0 Å². The number of nitrogens with zero attached hydrogens (tertiary/aromatic N) is 3. The third kappa shape index (κ3) is 4.34. The van der Waals surface area contributed by atoms with E-state index in [4.69, 9.17) is 15.0 Å². The minimum Gasteiger partial charge on any atom is -0.468 e. The molecule has 10 nitrogen and oxygen atoms in total. The van der Waals surface area contributed by atoms with Gasteiger partial charge in [0.25, 0.3) is 0 Å². The minimum atomic E-state index is -3.60. The predicted octanol–water partition coefficient (Wildman–Crippen LogP) is 2.20. The van der Waals surface area contributed by atoms with Gasteiger partial charge in [0.05, 0.1) is 4.90 Å². The van der Waals surface area contributed by atoms with Crippen LogP contribution in [-0.4, -0.2) is 47.5 Å². The van der Waals surface area contributed by atoms with E-state index in [2.05, 4.69) is 10.1 Å². The molecule has 2 N–H and O–H groups in total. The highest BCUT2D eigenvalue weighted by atomic mass is 32.2. The quantitative estimate of drug-likeness (QED) is 0.454. The monoisotopic (exact) mass is 510 g/mol. The van der Waals surface area contributed by atoms with E-state index in [0.717, 1.165) is 5.56 Å². The Labute approximate surface area is 208 Å². The van der Waals surface area contributed by atoms with E-state index in [0.29, 0.717) is 25.0 Å². The first-order valence-corrected chi connectivity index (χ1v) is 13.3. The number of primary amides is 1. The van der Waals surface area contributed by atoms with Gasteiger partial charge in [-0.1, -0.05) is 41.6 Å². The molecule has 36 heavy (non-hydrogen) atoms. The van der Waals surface area contributed by atoms with Crippen molar-refractivity contribution in [1.29, 1.82) is 0 Å². The van der Waals surface area contributed by atoms with Crippen molar-refractivity contribution in [3.63, 3.8) is 0 Å². The number of piperidine rings is 1. The molecule has 2 aliphatic heterocycles. The molecule has 0 aliphatic carbocycles. The lowest BCUT2D eigenvalue weighted by Gasteiger charge is -2.52. The molecule has 5 rings (SSSR count). The number of aryl methyl sites for hydroxylation is 1. The Kier molecular flexibility index (Phi) is 6.03. The molecule has 1 saturated heterocycles. The van der Waals surface area contributed by atoms with E-state index in [1.54, 1.807) is 23.1 Å². The molecule has 11 heteroatoms. The molecule has 2 aliphatic rings. The maximum absolute atomic E-state index is 13.4. The first kappa shape index (κ1) is 24.0. The number of likely N-dealkylation sites (tertiary alicyclic amines) is 1. The lowest BCUT2D eigenvalue weighted by molar-refractivity contribution is -0.175. The smallest absolute Gasteiger partial charge is 0.238 e. The third-order valence-electron chi connectivity index (χ3n) is 6.76. The van der Waals surface area contributed by atoms with Gasteiger partial charge in [0.15, 0.2) is 21.4 Å². The molecule has 2 bridgehead atoms. The summed E-state index contributed by atoms with van der Waals surface area (Å²) in [6.45, 7) is 2.11. The molecule has 188 valence electrons. The van der Waals surface area contributed by atoms with Gasteiger partial charge in [0.2, 0.25) is 17.7 Å². The molecular formula is C25H26N4O6S. The summed E-state index contributed by atoms with van der Waals surface area (Å²) in [5.41, 5.74) is 5.55. The topological polar surface area (TPSA) is 146 Å². The Bertz CT molecular complexity index is 1410. The second kappa shape index (κ2) is 9.05. The summed E-state index contributed by atoms with van der Waals surface area (Å²) in [6.07, 6.45) is 1.21. The van der Waals surface area contributed by atoms with Crippen LogP contribution in [0.2, 0.25) is 0 Å². The maximum atomic E-state index is 13.4. The molecule has 0 radical (unpaired) electrons. The molecule has 3 atom stereocenters. The molecule has 1 fully saturated rings. The third-order valence-corrected chi connectivity index (χ3v) is 8.39. The highest BCUT2D eigenvalue weighted by molar-refractivity contribution is 7.90. The first-order chi connectivity index (χ1) is 17.2. The largest absolute Gasteiger partial charge is 0.468 e. The Hall–Kier alpha value is -3.73. The number of fused-ring (bicyclic) bond motifs is 4. The average Bonchev–Trinajstić information content (AvgIpc) is 3.27. The van der Waals surface area contributed by atoms with Crippen LogP contribution < -0.4 is 10.5 Å². The van der Waals surface area contributed by atoms with Crippen LogP contribution in [0.4, 0.5) is 0 Å². The van der Waals surface area contributed by atoms with Crippen molar-refractivity contribution in [2.75, 3.05) is 6.54 Å². The summed E-state index contributed by atoms with van der Waals surface area (Å²) in [7, 11) is -3.60. The number of nitrogens with two attached hydrogens (primary N) is 1. The van der Waals surface area contributed by atoms with Gasteiger partial charge in [-0.25, -0.2) is 8.42 Å². The van der Waals surface area contributed by atoms with Crippen LogP contribution >= 0.6 is 0 Å². The van der Waals surface area contributed by atoms with E-state index in [-0.39, 0.29) is 40.7 Å². The second-order valence-corrected chi connectivity index (χ2v) is 11.3. The van der Waals surface area contributed by atoms with Crippen molar-refractivity contribution >= 4 is 21.7 Å². The van der Waals surface area contributed by atoms with E-state index in [1.165, 1.54) is 12.1 Å². The Morgan fingerprint density at radius 1 is 1.17 bits per heavy atom. The molecule has 1 aromatic heterocycles. The summed E-state index contributed by atoms with van der Waals surface area (Å²) < 4.78 is 36.6. The number of carbonyl (C=O) groups is 2. The van der Waals surface area contributed by atoms with Gasteiger partial charge in [-0.3, -0.25) is 9.59 Å². The van der Waals surface area contributed by atoms with Gasteiger partial charge < -0.3 is 19.9 Å². The highest BCUT2D eigenvalue weighted by Crippen LogP contribution is 2.50. The van der Waals surface area contributed by atoms with E-state index < -0.39 is 27.4 Å². The standard InChI is InChI=1S/C25H26N4O6S/c1-25-14-18(17-10-5-6-11-19(17)34-25)22(23(26)30)24(31)29(25)13-7-12-21-27-20(28-35-21)15-36(32,33)16-8-3-2-4-9-16/h2-6,8-11,18,22H,7,12-15H2,1H3,(H2,26,30)/t18-,22+,25-/m0/s1. The summed E-state index contributed by atoms with van der Waals surface area (Å²) in [5.74, 6) is -1.74. The number of hydrogen-bond donors (Lipinski definition) is 1. The number of sulfone groups is 1.